The van der Waals surface area contributed by atoms with Crippen molar-refractivity contribution in [3.05, 3.63) is 70.3 Å². The van der Waals surface area contributed by atoms with Crippen molar-refractivity contribution in [2.24, 2.45) is 0 Å². The van der Waals surface area contributed by atoms with Gasteiger partial charge >= 0.3 is 0 Å². The molecule has 2 aliphatic rings. The minimum Gasteiger partial charge on any atom is -0.494 e. The van der Waals surface area contributed by atoms with Crippen LogP contribution in [0.2, 0.25) is 5.02 Å². The van der Waals surface area contributed by atoms with Crippen LogP contribution in [0, 0.1) is 0 Å². The molecule has 178 valence electrons. The first-order chi connectivity index (χ1) is 16.0. The van der Waals surface area contributed by atoms with Gasteiger partial charge in [-0.15, -0.1) is 0 Å². The number of rotatable bonds is 4. The molecular formula is C25H29ClO7. The fourth-order valence-electron chi connectivity index (χ4n) is 4.06. The van der Waals surface area contributed by atoms with Crippen LogP contribution in [0.5, 0.6) is 11.5 Å². The summed E-state index contributed by atoms with van der Waals surface area (Å²) in [5, 5.41) is 32.1. The Morgan fingerprint density at radius 1 is 1.00 bits per heavy atom. The van der Waals surface area contributed by atoms with Crippen LogP contribution in [-0.2, 0) is 15.9 Å². The first-order valence-corrected chi connectivity index (χ1v) is 11.4. The summed E-state index contributed by atoms with van der Waals surface area (Å²) >= 11 is 6.60. The second-order valence-corrected chi connectivity index (χ2v) is 8.53. The molecular weight excluding hydrogens is 448 g/mol. The molecule has 2 bridgehead atoms. The van der Waals surface area contributed by atoms with Crippen molar-refractivity contribution >= 4 is 11.6 Å². The fraction of sp³-hybridized carbons (Fsp3) is 0.440. The van der Waals surface area contributed by atoms with Crippen molar-refractivity contribution in [2.75, 3.05) is 26.4 Å². The third kappa shape index (κ3) is 5.51. The average Bonchev–Trinajstić information content (AvgIpc) is 2.80. The number of benzene rings is 2. The Balaban J connectivity index is 1.69. The quantitative estimate of drug-likeness (QED) is 0.584. The summed E-state index contributed by atoms with van der Waals surface area (Å²) in [6.07, 6.45) is -1.58. The molecule has 2 aromatic rings. The van der Waals surface area contributed by atoms with Gasteiger partial charge in [-0.2, -0.15) is 0 Å². The minimum absolute atomic E-state index is 0.0780. The van der Waals surface area contributed by atoms with Gasteiger partial charge in [0.2, 0.25) is 0 Å². The maximum absolute atomic E-state index is 10.7. The lowest BCUT2D eigenvalue weighted by Gasteiger charge is -2.41. The van der Waals surface area contributed by atoms with E-state index in [1.807, 2.05) is 43.3 Å². The molecule has 3 N–H and O–H groups in total. The standard InChI is InChI=1S/C25H29ClO7/c1-2-31-17-7-5-15(6-8-17)11-16-12-18-20(13-19(16)26)32-10-4-3-9-30-14-21-22(27)23(28)24(29)25(18)33-21/h3-8,12-13,21-25,27-29H,2,9-11,14H2,1H3. The van der Waals surface area contributed by atoms with Crippen LogP contribution in [0.1, 0.15) is 29.7 Å². The number of aliphatic hydroxyl groups is 3. The predicted octanol–water partition coefficient (Wildman–Crippen LogP) is 2.82. The molecule has 4 rings (SSSR count). The van der Waals surface area contributed by atoms with Crippen molar-refractivity contribution in [3.63, 3.8) is 0 Å². The van der Waals surface area contributed by atoms with E-state index in [4.69, 9.17) is 30.5 Å². The lowest BCUT2D eigenvalue weighted by molar-refractivity contribution is -0.234. The molecule has 2 aliphatic heterocycles. The monoisotopic (exact) mass is 476 g/mol. The summed E-state index contributed by atoms with van der Waals surface area (Å²) < 4.78 is 23.0. The molecule has 0 aliphatic carbocycles. The van der Waals surface area contributed by atoms with Crippen molar-refractivity contribution in [1.29, 1.82) is 0 Å². The lowest BCUT2D eigenvalue weighted by atomic mass is 9.89. The van der Waals surface area contributed by atoms with Crippen molar-refractivity contribution in [1.82, 2.24) is 0 Å². The summed E-state index contributed by atoms with van der Waals surface area (Å²) in [4.78, 5) is 0. The lowest BCUT2D eigenvalue weighted by Crippen LogP contribution is -2.55. The van der Waals surface area contributed by atoms with E-state index in [1.54, 1.807) is 12.1 Å². The van der Waals surface area contributed by atoms with Gasteiger partial charge in [0.25, 0.3) is 0 Å². The van der Waals surface area contributed by atoms with Crippen LogP contribution < -0.4 is 9.47 Å². The Morgan fingerprint density at radius 2 is 1.76 bits per heavy atom. The molecule has 1 saturated heterocycles. The largest absolute Gasteiger partial charge is 0.494 e. The van der Waals surface area contributed by atoms with Crippen LogP contribution in [0.4, 0.5) is 0 Å². The molecule has 8 heteroatoms. The highest BCUT2D eigenvalue weighted by atomic mass is 35.5. The number of halogens is 1. The second-order valence-electron chi connectivity index (χ2n) is 8.12. The van der Waals surface area contributed by atoms with Crippen molar-refractivity contribution in [3.8, 4) is 11.5 Å². The highest BCUT2D eigenvalue weighted by Crippen LogP contribution is 2.40. The molecule has 33 heavy (non-hydrogen) atoms. The molecule has 5 unspecified atom stereocenters. The normalized spacial score (nSPS) is 27.6. The van der Waals surface area contributed by atoms with Crippen molar-refractivity contribution in [2.45, 2.75) is 43.9 Å². The fourth-order valence-corrected chi connectivity index (χ4v) is 4.28. The smallest absolute Gasteiger partial charge is 0.127 e. The maximum atomic E-state index is 10.7. The third-order valence-corrected chi connectivity index (χ3v) is 6.18. The van der Waals surface area contributed by atoms with E-state index in [0.717, 1.165) is 16.9 Å². The molecule has 5 atom stereocenters. The second kappa shape index (κ2) is 10.9. The van der Waals surface area contributed by atoms with Crippen LogP contribution in [0.25, 0.3) is 0 Å². The van der Waals surface area contributed by atoms with E-state index in [-0.39, 0.29) is 13.2 Å². The Morgan fingerprint density at radius 3 is 2.52 bits per heavy atom. The average molecular weight is 477 g/mol. The molecule has 0 radical (unpaired) electrons. The highest BCUT2D eigenvalue weighted by Gasteiger charge is 2.45. The first kappa shape index (κ1) is 24.0. The highest BCUT2D eigenvalue weighted by molar-refractivity contribution is 6.31. The number of ether oxygens (including phenoxy) is 4. The van der Waals surface area contributed by atoms with Gasteiger partial charge in [0.1, 0.15) is 48.6 Å². The number of hydrogen-bond donors (Lipinski definition) is 3. The van der Waals surface area contributed by atoms with E-state index >= 15 is 0 Å². The van der Waals surface area contributed by atoms with E-state index in [1.165, 1.54) is 0 Å². The zero-order valence-electron chi connectivity index (χ0n) is 18.4. The number of hydrogen-bond acceptors (Lipinski definition) is 7. The van der Waals surface area contributed by atoms with Gasteiger partial charge in [-0.1, -0.05) is 29.8 Å². The van der Waals surface area contributed by atoms with E-state index < -0.39 is 30.5 Å². The molecule has 2 aromatic carbocycles. The zero-order valence-corrected chi connectivity index (χ0v) is 19.1. The van der Waals surface area contributed by atoms with Crippen LogP contribution in [0.15, 0.2) is 48.6 Å². The molecule has 2 heterocycles. The summed E-state index contributed by atoms with van der Waals surface area (Å²) in [7, 11) is 0. The van der Waals surface area contributed by atoms with E-state index in [0.29, 0.717) is 36.0 Å². The first-order valence-electron chi connectivity index (χ1n) is 11.1. The Hall–Kier alpha value is -2.13. The molecule has 0 aromatic heterocycles. The molecule has 0 amide bonds. The maximum Gasteiger partial charge on any atom is 0.127 e. The van der Waals surface area contributed by atoms with Crippen LogP contribution in [0.3, 0.4) is 0 Å². The predicted molar refractivity (Wildman–Crippen MR) is 123 cm³/mol. The Labute approximate surface area is 198 Å². The van der Waals surface area contributed by atoms with Gasteiger partial charge in [-0.25, -0.2) is 0 Å². The van der Waals surface area contributed by atoms with Gasteiger partial charge < -0.3 is 34.3 Å². The van der Waals surface area contributed by atoms with Gasteiger partial charge in [0.15, 0.2) is 0 Å². The van der Waals surface area contributed by atoms with E-state index in [9.17, 15) is 15.3 Å². The zero-order chi connectivity index (χ0) is 23.4. The number of aliphatic hydroxyl groups excluding tert-OH is 3. The minimum atomic E-state index is -1.39. The SMILES string of the molecule is CCOc1ccc(Cc2cc3c(cc2Cl)OCC=CCOCC2OC3C(O)C(O)C2O)cc1. The van der Waals surface area contributed by atoms with Crippen LogP contribution >= 0.6 is 11.6 Å². The Bertz CT molecular complexity index is 962. The third-order valence-electron chi connectivity index (χ3n) is 5.82. The molecule has 0 spiro atoms. The summed E-state index contributed by atoms with van der Waals surface area (Å²) in [5.74, 6) is 1.25. The molecule has 1 fully saturated rings. The van der Waals surface area contributed by atoms with Crippen molar-refractivity contribution < 1.29 is 34.3 Å². The topological polar surface area (TPSA) is 97.6 Å². The van der Waals surface area contributed by atoms with Gasteiger partial charge in [0.05, 0.1) is 19.8 Å². The molecule has 7 nitrogen and oxygen atoms in total. The molecule has 0 saturated carbocycles. The van der Waals surface area contributed by atoms with Gasteiger partial charge in [0, 0.05) is 10.6 Å². The summed E-state index contributed by atoms with van der Waals surface area (Å²) in [5.41, 5.74) is 2.40. The Kier molecular flexibility index (Phi) is 7.90. The van der Waals surface area contributed by atoms with Crippen LogP contribution in [-0.4, -0.2) is 66.2 Å². The van der Waals surface area contributed by atoms with Gasteiger partial charge in [-0.05, 0) is 54.8 Å². The van der Waals surface area contributed by atoms with E-state index in [2.05, 4.69) is 0 Å². The number of fused-ring (bicyclic) bond motifs is 4. The summed E-state index contributed by atoms with van der Waals surface area (Å²) in [6.45, 7) is 3.21. The van der Waals surface area contributed by atoms with Gasteiger partial charge in [-0.3, -0.25) is 0 Å². The summed E-state index contributed by atoms with van der Waals surface area (Å²) in [6, 6.07) is 11.3.